The van der Waals surface area contributed by atoms with E-state index in [1.807, 2.05) is 0 Å². The number of halogens is 4. The summed E-state index contributed by atoms with van der Waals surface area (Å²) in [6.45, 7) is 1.01. The second-order valence-electron chi connectivity index (χ2n) is 8.00. The Kier molecular flexibility index (Phi) is 5.82. The molecule has 1 amide bonds. The van der Waals surface area contributed by atoms with Crippen molar-refractivity contribution in [3.8, 4) is 0 Å². The molecule has 2 aromatic carbocycles. The average Bonchev–Trinajstić information content (AvgIpc) is 3.45. The van der Waals surface area contributed by atoms with E-state index in [-0.39, 0.29) is 5.91 Å². The maximum Gasteiger partial charge on any atom is 0.416 e. The van der Waals surface area contributed by atoms with Crippen LogP contribution < -0.4 is 0 Å². The molecule has 1 aliphatic carbocycles. The molecule has 1 heterocycles. The van der Waals surface area contributed by atoms with Gasteiger partial charge in [0.2, 0.25) is 5.91 Å². The van der Waals surface area contributed by atoms with Crippen LogP contribution in [0.3, 0.4) is 0 Å². The molecule has 1 saturated heterocycles. The zero-order valence-electron chi connectivity index (χ0n) is 16.4. The molecule has 0 aromatic heterocycles. The van der Waals surface area contributed by atoms with Gasteiger partial charge in [0.05, 0.1) is 18.2 Å². The highest BCUT2D eigenvalue weighted by molar-refractivity contribution is 5.78. The van der Waals surface area contributed by atoms with Crippen molar-refractivity contribution in [1.29, 1.82) is 0 Å². The summed E-state index contributed by atoms with van der Waals surface area (Å²) in [6, 6.07) is 10.3. The molecule has 0 bridgehead atoms. The molecule has 0 unspecified atom stereocenters. The van der Waals surface area contributed by atoms with Crippen LogP contribution in [0.1, 0.15) is 54.5 Å². The molecule has 4 rings (SSSR count). The minimum Gasteiger partial charge on any atom is -0.371 e. The molecule has 30 heavy (non-hydrogen) atoms. The summed E-state index contributed by atoms with van der Waals surface area (Å²) in [5.41, 5.74) is 0.535. The van der Waals surface area contributed by atoms with E-state index in [0.29, 0.717) is 43.0 Å². The quantitative estimate of drug-likeness (QED) is 0.539. The normalized spacial score (nSPS) is 19.2. The third kappa shape index (κ3) is 4.67. The predicted molar refractivity (Wildman–Crippen MR) is 103 cm³/mol. The maximum atomic E-state index is 13.5. The van der Waals surface area contributed by atoms with Crippen molar-refractivity contribution >= 4 is 5.91 Å². The van der Waals surface area contributed by atoms with Crippen molar-refractivity contribution in [2.75, 3.05) is 13.2 Å². The lowest BCUT2D eigenvalue weighted by Gasteiger charge is -2.35. The van der Waals surface area contributed by atoms with Crippen molar-refractivity contribution in [3.63, 3.8) is 0 Å². The topological polar surface area (TPSA) is 29.5 Å². The number of carbonyl (C=O) groups is 1. The molecule has 2 aromatic rings. The first kappa shape index (κ1) is 20.8. The van der Waals surface area contributed by atoms with Crippen LogP contribution in [-0.4, -0.2) is 24.0 Å². The largest absolute Gasteiger partial charge is 0.416 e. The van der Waals surface area contributed by atoms with Crippen LogP contribution in [0.2, 0.25) is 0 Å². The Hall–Kier alpha value is -2.41. The fraction of sp³-hybridized carbons (Fsp3) is 0.435. The maximum absolute atomic E-state index is 13.5. The summed E-state index contributed by atoms with van der Waals surface area (Å²) in [6.07, 6.45) is -1.82. The van der Waals surface area contributed by atoms with Crippen LogP contribution in [0, 0.1) is 11.7 Å². The first-order chi connectivity index (χ1) is 14.3. The number of carbonyl (C=O) groups excluding carboxylic acids is 1. The van der Waals surface area contributed by atoms with E-state index < -0.39 is 29.7 Å². The standard InChI is InChI=1S/C23H23F4NO2/c24-19-11-7-16(8-12-19)21(28-13-1-2-20(28)29)22(30-14-15-3-4-15)17-5-9-18(10-6-17)23(25,26)27/h5-12,15,21-22H,1-4,13-14H2/t21-,22+/m1/s1. The van der Waals surface area contributed by atoms with E-state index in [9.17, 15) is 22.4 Å². The number of nitrogens with zero attached hydrogens (tertiary/aromatic N) is 1. The zero-order chi connectivity index (χ0) is 21.3. The number of ether oxygens (including phenoxy) is 1. The second kappa shape index (κ2) is 8.38. The van der Waals surface area contributed by atoms with E-state index in [4.69, 9.17) is 4.74 Å². The van der Waals surface area contributed by atoms with Gasteiger partial charge in [0.15, 0.2) is 0 Å². The fourth-order valence-electron chi connectivity index (χ4n) is 3.90. The lowest BCUT2D eigenvalue weighted by molar-refractivity contribution is -0.137. The van der Waals surface area contributed by atoms with E-state index in [1.54, 1.807) is 17.0 Å². The smallest absolute Gasteiger partial charge is 0.371 e. The molecule has 0 spiro atoms. The highest BCUT2D eigenvalue weighted by atomic mass is 19.4. The number of alkyl halides is 3. The van der Waals surface area contributed by atoms with Crippen LogP contribution >= 0.6 is 0 Å². The number of rotatable bonds is 7. The summed E-state index contributed by atoms with van der Waals surface area (Å²) in [4.78, 5) is 14.3. The van der Waals surface area contributed by atoms with Crippen molar-refractivity contribution in [1.82, 2.24) is 4.90 Å². The molecule has 7 heteroatoms. The molecule has 2 aliphatic rings. The molecule has 0 N–H and O–H groups in total. The van der Waals surface area contributed by atoms with Gasteiger partial charge in [-0.15, -0.1) is 0 Å². The average molecular weight is 421 g/mol. The molecule has 1 aliphatic heterocycles. The number of hydrogen-bond acceptors (Lipinski definition) is 2. The second-order valence-corrected chi connectivity index (χ2v) is 8.00. The molecule has 2 fully saturated rings. The minimum atomic E-state index is -4.43. The first-order valence-corrected chi connectivity index (χ1v) is 10.2. The third-order valence-electron chi connectivity index (χ3n) is 5.72. The Balaban J connectivity index is 1.72. The van der Waals surface area contributed by atoms with Crippen molar-refractivity contribution < 1.29 is 27.1 Å². The monoisotopic (exact) mass is 421 g/mol. The molecular formula is C23H23F4NO2. The molecular weight excluding hydrogens is 398 g/mol. The van der Waals surface area contributed by atoms with E-state index in [2.05, 4.69) is 0 Å². The third-order valence-corrected chi connectivity index (χ3v) is 5.72. The lowest BCUT2D eigenvalue weighted by atomic mass is 9.93. The van der Waals surface area contributed by atoms with Crippen LogP contribution in [0.5, 0.6) is 0 Å². The van der Waals surface area contributed by atoms with Gasteiger partial charge in [0, 0.05) is 13.0 Å². The van der Waals surface area contributed by atoms with Gasteiger partial charge in [-0.1, -0.05) is 24.3 Å². The van der Waals surface area contributed by atoms with Crippen molar-refractivity contribution in [2.45, 2.75) is 44.0 Å². The Morgan fingerprint density at radius 2 is 1.63 bits per heavy atom. The number of likely N-dealkylation sites (tertiary alicyclic amines) is 1. The summed E-state index contributed by atoms with van der Waals surface area (Å²) in [7, 11) is 0. The van der Waals surface area contributed by atoms with Crippen LogP contribution in [-0.2, 0) is 15.7 Å². The summed E-state index contributed by atoms with van der Waals surface area (Å²) in [5, 5.41) is 0. The number of amides is 1. The summed E-state index contributed by atoms with van der Waals surface area (Å²) < 4.78 is 58.8. The predicted octanol–water partition coefficient (Wildman–Crippen LogP) is 5.68. The van der Waals surface area contributed by atoms with Gasteiger partial charge < -0.3 is 9.64 Å². The van der Waals surface area contributed by atoms with Crippen LogP contribution in [0.15, 0.2) is 48.5 Å². The minimum absolute atomic E-state index is 0.0312. The highest BCUT2D eigenvalue weighted by Gasteiger charge is 2.38. The van der Waals surface area contributed by atoms with Crippen LogP contribution in [0.4, 0.5) is 17.6 Å². The van der Waals surface area contributed by atoms with Gasteiger partial charge in [-0.2, -0.15) is 13.2 Å². The molecule has 0 radical (unpaired) electrons. The first-order valence-electron chi connectivity index (χ1n) is 10.2. The summed E-state index contributed by atoms with van der Waals surface area (Å²) in [5.74, 6) is 0.0107. The number of hydrogen-bond donors (Lipinski definition) is 0. The van der Waals surface area contributed by atoms with Gasteiger partial charge in [-0.05, 0) is 60.6 Å². The Bertz CT molecular complexity index is 876. The van der Waals surface area contributed by atoms with Crippen molar-refractivity contribution in [2.24, 2.45) is 5.92 Å². The Morgan fingerprint density at radius 1 is 1.00 bits per heavy atom. The summed E-state index contributed by atoms with van der Waals surface area (Å²) >= 11 is 0. The lowest BCUT2D eigenvalue weighted by Crippen LogP contribution is -2.35. The van der Waals surface area contributed by atoms with E-state index in [1.165, 1.54) is 24.3 Å². The fourth-order valence-corrected chi connectivity index (χ4v) is 3.90. The van der Waals surface area contributed by atoms with Gasteiger partial charge in [0.1, 0.15) is 11.9 Å². The number of benzene rings is 2. The highest BCUT2D eigenvalue weighted by Crippen LogP contribution is 2.42. The van der Waals surface area contributed by atoms with Gasteiger partial charge in [-0.3, -0.25) is 4.79 Å². The SMILES string of the molecule is O=C1CCCN1[C@H](c1ccc(F)cc1)[C@@H](OCC1CC1)c1ccc(C(F)(F)F)cc1. The zero-order valence-corrected chi connectivity index (χ0v) is 16.4. The Labute approximate surface area is 172 Å². The molecule has 1 saturated carbocycles. The van der Waals surface area contributed by atoms with Gasteiger partial charge in [0.25, 0.3) is 0 Å². The van der Waals surface area contributed by atoms with Gasteiger partial charge >= 0.3 is 6.18 Å². The van der Waals surface area contributed by atoms with Gasteiger partial charge in [-0.25, -0.2) is 4.39 Å². The Morgan fingerprint density at radius 3 is 2.17 bits per heavy atom. The van der Waals surface area contributed by atoms with E-state index in [0.717, 1.165) is 25.0 Å². The van der Waals surface area contributed by atoms with Crippen molar-refractivity contribution in [3.05, 3.63) is 71.0 Å². The molecule has 160 valence electrons. The molecule has 3 nitrogen and oxygen atoms in total. The van der Waals surface area contributed by atoms with Crippen LogP contribution in [0.25, 0.3) is 0 Å². The molecule has 2 atom stereocenters. The van der Waals surface area contributed by atoms with E-state index >= 15 is 0 Å².